The minimum Gasteiger partial charge on any atom is -0.296 e. The Morgan fingerprint density at radius 2 is 2.29 bits per heavy atom. The van der Waals surface area contributed by atoms with E-state index in [1.165, 1.54) is 6.42 Å². The third-order valence-corrected chi connectivity index (χ3v) is 4.10. The summed E-state index contributed by atoms with van der Waals surface area (Å²) in [6.07, 6.45) is 3.25. The summed E-state index contributed by atoms with van der Waals surface area (Å²) in [5.74, 6) is 0.640. The normalized spacial score (nSPS) is 26.6. The largest absolute Gasteiger partial charge is 0.296 e. The number of nitrogens with zero attached hydrogens (tertiary/aromatic N) is 3. The van der Waals surface area contributed by atoms with Crippen molar-refractivity contribution in [1.29, 1.82) is 0 Å². The molecule has 1 aromatic heterocycles. The van der Waals surface area contributed by atoms with E-state index in [0.717, 1.165) is 25.3 Å². The van der Waals surface area contributed by atoms with E-state index in [2.05, 4.69) is 43.0 Å². The van der Waals surface area contributed by atoms with Crippen LogP contribution in [0.3, 0.4) is 0 Å². The van der Waals surface area contributed by atoms with Gasteiger partial charge >= 0.3 is 0 Å². The van der Waals surface area contributed by atoms with Gasteiger partial charge in [0.1, 0.15) is 0 Å². The Bertz CT molecular complexity index is 361. The SMILES string of the molecule is CC1CCN(Cc2ccn(C(C)C)n2)CC1Cl. The molecule has 0 amide bonds. The van der Waals surface area contributed by atoms with Crippen LogP contribution in [0, 0.1) is 5.92 Å². The zero-order valence-electron chi connectivity index (χ0n) is 10.9. The van der Waals surface area contributed by atoms with Crippen LogP contribution >= 0.6 is 11.6 Å². The Hall–Kier alpha value is -0.540. The van der Waals surface area contributed by atoms with Gasteiger partial charge in [0.2, 0.25) is 0 Å². The number of rotatable bonds is 3. The van der Waals surface area contributed by atoms with Gasteiger partial charge < -0.3 is 0 Å². The molecule has 0 bridgehead atoms. The van der Waals surface area contributed by atoms with E-state index in [1.54, 1.807) is 0 Å². The van der Waals surface area contributed by atoms with E-state index >= 15 is 0 Å². The standard InChI is InChI=1S/C13H22ClN3/c1-10(2)17-7-5-12(15-17)8-16-6-4-11(3)13(14)9-16/h5,7,10-11,13H,4,6,8-9H2,1-3H3. The molecule has 3 nitrogen and oxygen atoms in total. The number of alkyl halides is 1. The van der Waals surface area contributed by atoms with Crippen molar-refractivity contribution in [1.82, 2.24) is 14.7 Å². The monoisotopic (exact) mass is 255 g/mol. The molecule has 1 fully saturated rings. The molecule has 0 spiro atoms. The van der Waals surface area contributed by atoms with Crippen molar-refractivity contribution in [2.75, 3.05) is 13.1 Å². The van der Waals surface area contributed by atoms with Crippen molar-refractivity contribution in [2.45, 2.75) is 45.2 Å². The van der Waals surface area contributed by atoms with E-state index in [1.807, 2.05) is 4.68 Å². The molecule has 96 valence electrons. The number of halogens is 1. The summed E-state index contributed by atoms with van der Waals surface area (Å²) in [6, 6.07) is 2.55. The summed E-state index contributed by atoms with van der Waals surface area (Å²) in [4.78, 5) is 2.41. The Labute approximate surface area is 109 Å². The van der Waals surface area contributed by atoms with Gasteiger partial charge in [-0.2, -0.15) is 5.10 Å². The third kappa shape index (κ3) is 3.23. The Balaban J connectivity index is 1.92. The molecule has 2 unspecified atom stereocenters. The highest BCUT2D eigenvalue weighted by Crippen LogP contribution is 2.22. The Kier molecular flexibility index (Phi) is 4.10. The van der Waals surface area contributed by atoms with Gasteiger partial charge in [0.25, 0.3) is 0 Å². The number of hydrogen-bond donors (Lipinski definition) is 0. The molecular weight excluding hydrogens is 234 g/mol. The quantitative estimate of drug-likeness (QED) is 0.775. The van der Waals surface area contributed by atoms with Gasteiger partial charge in [-0.1, -0.05) is 6.92 Å². The minimum atomic E-state index is 0.288. The number of aromatic nitrogens is 2. The maximum atomic E-state index is 6.32. The molecule has 1 aliphatic heterocycles. The maximum Gasteiger partial charge on any atom is 0.0764 e. The first-order valence-electron chi connectivity index (χ1n) is 6.46. The molecule has 0 radical (unpaired) electrons. The molecule has 1 saturated heterocycles. The van der Waals surface area contributed by atoms with Gasteiger partial charge in [0, 0.05) is 30.7 Å². The molecule has 2 heterocycles. The zero-order valence-corrected chi connectivity index (χ0v) is 11.7. The number of hydrogen-bond acceptors (Lipinski definition) is 2. The van der Waals surface area contributed by atoms with E-state index in [9.17, 15) is 0 Å². The lowest BCUT2D eigenvalue weighted by Crippen LogP contribution is -2.39. The average molecular weight is 256 g/mol. The Morgan fingerprint density at radius 3 is 2.88 bits per heavy atom. The molecule has 0 N–H and O–H groups in total. The fourth-order valence-corrected chi connectivity index (χ4v) is 2.53. The first-order chi connectivity index (χ1) is 8.06. The number of likely N-dealkylation sites (tertiary alicyclic amines) is 1. The zero-order chi connectivity index (χ0) is 12.4. The van der Waals surface area contributed by atoms with Crippen LogP contribution in [0.15, 0.2) is 12.3 Å². The van der Waals surface area contributed by atoms with Crippen LogP contribution in [0.2, 0.25) is 0 Å². The van der Waals surface area contributed by atoms with Crippen molar-refractivity contribution in [3.8, 4) is 0 Å². The highest BCUT2D eigenvalue weighted by Gasteiger charge is 2.24. The lowest BCUT2D eigenvalue weighted by atomic mass is 9.98. The van der Waals surface area contributed by atoms with Crippen molar-refractivity contribution in [2.24, 2.45) is 5.92 Å². The molecule has 2 rings (SSSR count). The summed E-state index contributed by atoms with van der Waals surface area (Å²) in [6.45, 7) is 9.58. The summed E-state index contributed by atoms with van der Waals surface area (Å²) < 4.78 is 2.01. The van der Waals surface area contributed by atoms with E-state index < -0.39 is 0 Å². The highest BCUT2D eigenvalue weighted by molar-refractivity contribution is 6.21. The van der Waals surface area contributed by atoms with E-state index in [-0.39, 0.29) is 5.38 Å². The van der Waals surface area contributed by atoms with Crippen LogP contribution in [0.5, 0.6) is 0 Å². The molecule has 17 heavy (non-hydrogen) atoms. The Morgan fingerprint density at radius 1 is 1.53 bits per heavy atom. The van der Waals surface area contributed by atoms with Crippen molar-refractivity contribution in [3.63, 3.8) is 0 Å². The fraction of sp³-hybridized carbons (Fsp3) is 0.769. The van der Waals surface area contributed by atoms with Crippen LogP contribution in [-0.2, 0) is 6.54 Å². The van der Waals surface area contributed by atoms with Crippen molar-refractivity contribution in [3.05, 3.63) is 18.0 Å². The third-order valence-electron chi connectivity index (χ3n) is 3.53. The van der Waals surface area contributed by atoms with E-state index in [0.29, 0.717) is 12.0 Å². The summed E-state index contributed by atoms with van der Waals surface area (Å²) in [5, 5.41) is 4.87. The molecule has 0 saturated carbocycles. The second-order valence-corrected chi connectivity index (χ2v) is 5.96. The molecule has 2 atom stereocenters. The van der Waals surface area contributed by atoms with Gasteiger partial charge in [0.15, 0.2) is 0 Å². The van der Waals surface area contributed by atoms with Crippen LogP contribution < -0.4 is 0 Å². The van der Waals surface area contributed by atoms with Crippen LogP contribution in [0.25, 0.3) is 0 Å². The smallest absolute Gasteiger partial charge is 0.0764 e. The molecule has 0 aromatic carbocycles. The van der Waals surface area contributed by atoms with Crippen LogP contribution in [-0.4, -0.2) is 33.1 Å². The topological polar surface area (TPSA) is 21.1 Å². The molecular formula is C13H22ClN3. The number of piperidine rings is 1. The maximum absolute atomic E-state index is 6.32. The first kappa shape index (κ1) is 12.9. The van der Waals surface area contributed by atoms with Crippen molar-refractivity contribution >= 4 is 11.6 Å². The predicted molar refractivity (Wildman–Crippen MR) is 71.3 cm³/mol. The van der Waals surface area contributed by atoms with Gasteiger partial charge in [0.05, 0.1) is 5.69 Å². The van der Waals surface area contributed by atoms with E-state index in [4.69, 9.17) is 11.6 Å². The van der Waals surface area contributed by atoms with Crippen LogP contribution in [0.4, 0.5) is 0 Å². The molecule has 1 aliphatic rings. The van der Waals surface area contributed by atoms with Gasteiger partial charge in [-0.3, -0.25) is 9.58 Å². The minimum absolute atomic E-state index is 0.288. The molecule has 1 aromatic rings. The summed E-state index contributed by atoms with van der Waals surface area (Å²) in [7, 11) is 0. The first-order valence-corrected chi connectivity index (χ1v) is 6.90. The van der Waals surface area contributed by atoms with Gasteiger partial charge in [-0.05, 0) is 38.8 Å². The van der Waals surface area contributed by atoms with Crippen LogP contribution in [0.1, 0.15) is 38.9 Å². The molecule has 4 heteroatoms. The predicted octanol–water partition coefficient (Wildman–Crippen LogP) is 2.91. The lowest BCUT2D eigenvalue weighted by Gasteiger charge is -2.33. The summed E-state index contributed by atoms with van der Waals surface area (Å²) >= 11 is 6.32. The second-order valence-electron chi connectivity index (χ2n) is 5.40. The summed E-state index contributed by atoms with van der Waals surface area (Å²) in [5.41, 5.74) is 1.15. The fourth-order valence-electron chi connectivity index (χ4n) is 2.21. The highest BCUT2D eigenvalue weighted by atomic mass is 35.5. The van der Waals surface area contributed by atoms with Crippen molar-refractivity contribution < 1.29 is 0 Å². The second kappa shape index (κ2) is 5.40. The average Bonchev–Trinajstić information content (AvgIpc) is 2.72. The molecule has 0 aliphatic carbocycles. The van der Waals surface area contributed by atoms with Gasteiger partial charge in [-0.15, -0.1) is 11.6 Å². The lowest BCUT2D eigenvalue weighted by molar-refractivity contribution is 0.187. The van der Waals surface area contributed by atoms with Gasteiger partial charge in [-0.25, -0.2) is 0 Å².